The van der Waals surface area contributed by atoms with Gasteiger partial charge in [0.2, 0.25) is 0 Å². The molecule has 2 atom stereocenters. The molecule has 0 fully saturated rings. The highest BCUT2D eigenvalue weighted by Crippen LogP contribution is 1.96. The molecule has 5 heteroatoms. The molecule has 1 N–H and O–H groups in total. The van der Waals surface area contributed by atoms with Gasteiger partial charge in [0.1, 0.15) is 0 Å². The number of nitrogens with one attached hydrogen (secondary N) is 1. The van der Waals surface area contributed by atoms with Crippen LogP contribution in [0.15, 0.2) is 0 Å². The van der Waals surface area contributed by atoms with E-state index in [1.807, 2.05) is 6.92 Å². The molecule has 0 aliphatic rings. The van der Waals surface area contributed by atoms with Gasteiger partial charge in [-0.15, -0.1) is 0 Å². The maximum Gasteiger partial charge on any atom is 0.0700 e. The molecular formula is C10H23NO3S. The number of ether oxygens (including phenoxy) is 2. The Balaban J connectivity index is 3.08. The third-order valence-electron chi connectivity index (χ3n) is 2.15. The van der Waals surface area contributed by atoms with Gasteiger partial charge in [0.05, 0.1) is 19.8 Å². The van der Waals surface area contributed by atoms with E-state index in [0.717, 1.165) is 19.5 Å². The first-order valence-corrected chi connectivity index (χ1v) is 6.90. The van der Waals surface area contributed by atoms with Crippen LogP contribution in [0, 0.1) is 0 Å². The molecule has 0 aliphatic heterocycles. The van der Waals surface area contributed by atoms with Crippen LogP contribution in [-0.4, -0.2) is 55.7 Å². The van der Waals surface area contributed by atoms with Gasteiger partial charge in [0, 0.05) is 36.0 Å². The van der Waals surface area contributed by atoms with Gasteiger partial charge in [-0.25, -0.2) is 0 Å². The summed E-state index contributed by atoms with van der Waals surface area (Å²) in [5, 5.41) is 3.52. The second-order valence-corrected chi connectivity index (χ2v) is 5.25. The molecule has 0 saturated heterocycles. The SMILES string of the molecule is COCCOCCNCCC(C)S(C)=O. The average Bonchev–Trinajstić information content (AvgIpc) is 2.21. The maximum absolute atomic E-state index is 11.0. The summed E-state index contributed by atoms with van der Waals surface area (Å²) in [6.45, 7) is 5.74. The number of hydrogen-bond acceptors (Lipinski definition) is 4. The van der Waals surface area contributed by atoms with Gasteiger partial charge >= 0.3 is 0 Å². The van der Waals surface area contributed by atoms with E-state index in [1.165, 1.54) is 0 Å². The van der Waals surface area contributed by atoms with Crippen LogP contribution >= 0.6 is 0 Å². The first-order chi connectivity index (χ1) is 7.18. The minimum atomic E-state index is -0.710. The molecule has 0 aromatic heterocycles. The molecular weight excluding hydrogens is 214 g/mol. The Bertz CT molecular complexity index is 167. The molecule has 0 spiro atoms. The second-order valence-electron chi connectivity index (χ2n) is 3.45. The molecule has 0 aromatic carbocycles. The zero-order valence-corrected chi connectivity index (χ0v) is 10.8. The maximum atomic E-state index is 11.0. The predicted molar refractivity (Wildman–Crippen MR) is 63.7 cm³/mol. The van der Waals surface area contributed by atoms with E-state index >= 15 is 0 Å². The molecule has 0 saturated carbocycles. The average molecular weight is 237 g/mol. The van der Waals surface area contributed by atoms with Crippen molar-refractivity contribution in [3.8, 4) is 0 Å². The van der Waals surface area contributed by atoms with Crippen molar-refractivity contribution in [3.63, 3.8) is 0 Å². The summed E-state index contributed by atoms with van der Waals surface area (Å²) in [6, 6.07) is 0. The molecule has 0 aromatic rings. The second kappa shape index (κ2) is 10.5. The zero-order chi connectivity index (χ0) is 11.5. The molecule has 0 bridgehead atoms. The largest absolute Gasteiger partial charge is 0.382 e. The standard InChI is InChI=1S/C10H23NO3S/c1-10(15(3)12)4-5-11-6-7-14-9-8-13-2/h10-11H,4-9H2,1-3H3. The molecule has 4 nitrogen and oxygen atoms in total. The lowest BCUT2D eigenvalue weighted by Crippen LogP contribution is -2.25. The minimum absolute atomic E-state index is 0.270. The van der Waals surface area contributed by atoms with Gasteiger partial charge in [-0.2, -0.15) is 0 Å². The fourth-order valence-corrected chi connectivity index (χ4v) is 1.43. The molecule has 0 radical (unpaired) electrons. The van der Waals surface area contributed by atoms with Gasteiger partial charge in [-0.05, 0) is 13.0 Å². The van der Waals surface area contributed by atoms with E-state index in [1.54, 1.807) is 13.4 Å². The third-order valence-corrected chi connectivity index (χ3v) is 3.52. The molecule has 0 aliphatic carbocycles. The Hall–Kier alpha value is 0.0300. The van der Waals surface area contributed by atoms with Gasteiger partial charge in [-0.1, -0.05) is 6.92 Å². The molecule has 0 amide bonds. The van der Waals surface area contributed by atoms with Gasteiger partial charge < -0.3 is 14.8 Å². The van der Waals surface area contributed by atoms with Crippen molar-refractivity contribution in [2.45, 2.75) is 18.6 Å². The van der Waals surface area contributed by atoms with E-state index in [2.05, 4.69) is 5.32 Å². The van der Waals surface area contributed by atoms with Crippen LogP contribution in [0.1, 0.15) is 13.3 Å². The monoisotopic (exact) mass is 237 g/mol. The first-order valence-electron chi connectivity index (χ1n) is 5.28. The van der Waals surface area contributed by atoms with Crippen LogP contribution in [-0.2, 0) is 20.3 Å². The summed E-state index contributed by atoms with van der Waals surface area (Å²) in [7, 11) is 0.951. The van der Waals surface area contributed by atoms with E-state index in [9.17, 15) is 4.21 Å². The van der Waals surface area contributed by atoms with E-state index in [4.69, 9.17) is 9.47 Å². The van der Waals surface area contributed by atoms with Gasteiger partial charge in [-0.3, -0.25) is 4.21 Å². The number of methoxy groups -OCH3 is 1. The predicted octanol–water partition coefficient (Wildman–Crippen LogP) is 0.396. The lowest BCUT2D eigenvalue weighted by molar-refractivity contribution is 0.0720. The Morgan fingerprint density at radius 2 is 2.00 bits per heavy atom. The first kappa shape index (κ1) is 15.0. The van der Waals surface area contributed by atoms with Crippen molar-refractivity contribution in [1.82, 2.24) is 5.32 Å². The summed E-state index contributed by atoms with van der Waals surface area (Å²) in [6.07, 6.45) is 2.69. The van der Waals surface area contributed by atoms with E-state index in [0.29, 0.717) is 19.8 Å². The summed E-state index contributed by atoms with van der Waals surface area (Å²) < 4.78 is 21.2. The fraction of sp³-hybridized carbons (Fsp3) is 1.00. The summed E-state index contributed by atoms with van der Waals surface area (Å²) >= 11 is 0. The molecule has 15 heavy (non-hydrogen) atoms. The smallest absolute Gasteiger partial charge is 0.0700 e. The Morgan fingerprint density at radius 3 is 2.60 bits per heavy atom. The van der Waals surface area contributed by atoms with Crippen LogP contribution in [0.3, 0.4) is 0 Å². The van der Waals surface area contributed by atoms with Crippen LogP contribution in [0.2, 0.25) is 0 Å². The highest BCUT2D eigenvalue weighted by Gasteiger charge is 2.04. The Morgan fingerprint density at radius 1 is 1.27 bits per heavy atom. The summed E-state index contributed by atoms with van der Waals surface area (Å²) in [5.41, 5.74) is 0. The number of rotatable bonds is 10. The summed E-state index contributed by atoms with van der Waals surface area (Å²) in [4.78, 5) is 0. The summed E-state index contributed by atoms with van der Waals surface area (Å²) in [5.74, 6) is 0. The van der Waals surface area contributed by atoms with Crippen LogP contribution in [0.25, 0.3) is 0 Å². The fourth-order valence-electron chi connectivity index (χ4n) is 0.985. The lowest BCUT2D eigenvalue weighted by atomic mass is 10.3. The molecule has 0 heterocycles. The van der Waals surface area contributed by atoms with Gasteiger partial charge in [0.15, 0.2) is 0 Å². The highest BCUT2D eigenvalue weighted by atomic mass is 32.2. The van der Waals surface area contributed by atoms with Crippen LogP contribution in [0.4, 0.5) is 0 Å². The normalized spacial score (nSPS) is 15.1. The van der Waals surface area contributed by atoms with E-state index < -0.39 is 10.8 Å². The van der Waals surface area contributed by atoms with E-state index in [-0.39, 0.29) is 5.25 Å². The molecule has 0 rings (SSSR count). The molecule has 92 valence electrons. The van der Waals surface area contributed by atoms with Crippen molar-refractivity contribution >= 4 is 10.8 Å². The minimum Gasteiger partial charge on any atom is -0.382 e. The van der Waals surface area contributed by atoms with Crippen LogP contribution in [0.5, 0.6) is 0 Å². The lowest BCUT2D eigenvalue weighted by Gasteiger charge is -2.09. The van der Waals surface area contributed by atoms with Crippen molar-refractivity contribution < 1.29 is 13.7 Å². The van der Waals surface area contributed by atoms with Crippen molar-refractivity contribution in [3.05, 3.63) is 0 Å². The van der Waals surface area contributed by atoms with Crippen molar-refractivity contribution in [1.29, 1.82) is 0 Å². The Kier molecular flexibility index (Phi) is 10.6. The Labute approximate surface area is 95.2 Å². The van der Waals surface area contributed by atoms with Crippen LogP contribution < -0.4 is 5.32 Å². The zero-order valence-electron chi connectivity index (χ0n) is 9.95. The highest BCUT2D eigenvalue weighted by molar-refractivity contribution is 7.84. The van der Waals surface area contributed by atoms with Crippen molar-refractivity contribution in [2.24, 2.45) is 0 Å². The quantitative estimate of drug-likeness (QED) is 0.559. The van der Waals surface area contributed by atoms with Crippen molar-refractivity contribution in [2.75, 3.05) is 46.3 Å². The number of hydrogen-bond donors (Lipinski definition) is 1. The molecule has 2 unspecified atom stereocenters. The van der Waals surface area contributed by atoms with Gasteiger partial charge in [0.25, 0.3) is 0 Å². The topological polar surface area (TPSA) is 47.6 Å². The third kappa shape index (κ3) is 10.3.